The summed E-state index contributed by atoms with van der Waals surface area (Å²) >= 11 is 0. The van der Waals surface area contributed by atoms with E-state index >= 15 is 0 Å². The zero-order chi connectivity index (χ0) is 14.9. The van der Waals surface area contributed by atoms with E-state index in [0.29, 0.717) is 6.54 Å². The fourth-order valence-electron chi connectivity index (χ4n) is 2.13. The van der Waals surface area contributed by atoms with Gasteiger partial charge < -0.3 is 9.26 Å². The van der Waals surface area contributed by atoms with E-state index in [-0.39, 0.29) is 11.6 Å². The lowest BCUT2D eigenvalue weighted by Crippen LogP contribution is -2.12. The topological polar surface area (TPSA) is 83.0 Å². The standard InChI is InChI=1S/C13H18N4O3/c1-7(2)12-11(13(18)19-5)14-16-17(12)6-10-8(3)15-20-9(10)4/h7H,6H2,1-5H3. The number of hydrogen-bond donors (Lipinski definition) is 0. The highest BCUT2D eigenvalue weighted by molar-refractivity contribution is 5.88. The van der Waals surface area contributed by atoms with Crippen molar-refractivity contribution < 1.29 is 14.1 Å². The van der Waals surface area contributed by atoms with Crippen LogP contribution in [0.2, 0.25) is 0 Å². The van der Waals surface area contributed by atoms with Crippen LogP contribution in [0.4, 0.5) is 0 Å². The molecule has 0 fully saturated rings. The molecule has 2 heterocycles. The second-order valence-corrected chi connectivity index (χ2v) is 4.93. The Bertz CT molecular complexity index is 608. The van der Waals surface area contributed by atoms with Gasteiger partial charge in [0, 0.05) is 5.56 Å². The molecule has 0 N–H and O–H groups in total. The summed E-state index contributed by atoms with van der Waals surface area (Å²) < 4.78 is 11.6. The fourth-order valence-corrected chi connectivity index (χ4v) is 2.13. The Balaban J connectivity index is 2.43. The summed E-state index contributed by atoms with van der Waals surface area (Å²) in [5.74, 6) is 0.366. The first kappa shape index (κ1) is 14.2. The SMILES string of the molecule is COC(=O)c1nnn(Cc2c(C)noc2C)c1C(C)C. The smallest absolute Gasteiger partial charge is 0.360 e. The minimum atomic E-state index is -0.473. The summed E-state index contributed by atoms with van der Waals surface area (Å²) in [4.78, 5) is 11.7. The molecule has 0 aliphatic heterocycles. The number of carbonyl (C=O) groups excluding carboxylic acids is 1. The molecule has 0 saturated heterocycles. The Morgan fingerprint density at radius 3 is 2.60 bits per heavy atom. The average molecular weight is 278 g/mol. The zero-order valence-electron chi connectivity index (χ0n) is 12.3. The third-order valence-corrected chi connectivity index (χ3v) is 3.19. The van der Waals surface area contributed by atoms with Crippen molar-refractivity contribution >= 4 is 5.97 Å². The van der Waals surface area contributed by atoms with E-state index in [2.05, 4.69) is 15.5 Å². The molecule has 0 unspecified atom stereocenters. The van der Waals surface area contributed by atoms with Crippen LogP contribution in [-0.4, -0.2) is 33.2 Å². The fraction of sp³-hybridized carbons (Fsp3) is 0.538. The van der Waals surface area contributed by atoms with Crippen molar-refractivity contribution in [2.75, 3.05) is 7.11 Å². The van der Waals surface area contributed by atoms with E-state index < -0.39 is 5.97 Å². The van der Waals surface area contributed by atoms with Crippen LogP contribution in [0.1, 0.15) is 53.0 Å². The van der Waals surface area contributed by atoms with Gasteiger partial charge in [-0.2, -0.15) is 0 Å². The van der Waals surface area contributed by atoms with Crippen molar-refractivity contribution in [2.45, 2.75) is 40.2 Å². The molecule has 0 aliphatic carbocycles. The molecule has 108 valence electrons. The maximum Gasteiger partial charge on any atom is 0.360 e. The average Bonchev–Trinajstić information content (AvgIpc) is 2.96. The summed E-state index contributed by atoms with van der Waals surface area (Å²) in [6, 6.07) is 0. The van der Waals surface area contributed by atoms with E-state index in [1.807, 2.05) is 27.7 Å². The lowest BCUT2D eigenvalue weighted by atomic mass is 10.1. The van der Waals surface area contributed by atoms with Crippen molar-refractivity contribution in [3.63, 3.8) is 0 Å². The normalized spacial score (nSPS) is 11.1. The largest absolute Gasteiger partial charge is 0.464 e. The number of aromatic nitrogens is 4. The molecule has 0 aromatic carbocycles. The van der Waals surface area contributed by atoms with Crippen molar-refractivity contribution in [3.05, 3.63) is 28.4 Å². The van der Waals surface area contributed by atoms with Gasteiger partial charge >= 0.3 is 5.97 Å². The Kier molecular flexibility index (Phi) is 3.87. The number of methoxy groups -OCH3 is 1. The van der Waals surface area contributed by atoms with Gasteiger partial charge in [0.1, 0.15) is 5.76 Å². The van der Waals surface area contributed by atoms with E-state index in [1.54, 1.807) is 4.68 Å². The van der Waals surface area contributed by atoms with Crippen LogP contribution in [0.25, 0.3) is 0 Å². The number of nitrogens with zero attached hydrogens (tertiary/aromatic N) is 4. The van der Waals surface area contributed by atoms with Crippen LogP contribution in [0.15, 0.2) is 4.52 Å². The molecular weight excluding hydrogens is 260 g/mol. The predicted molar refractivity (Wildman–Crippen MR) is 70.5 cm³/mol. The molecule has 7 nitrogen and oxygen atoms in total. The van der Waals surface area contributed by atoms with Gasteiger partial charge in [0.2, 0.25) is 0 Å². The molecule has 0 atom stereocenters. The Morgan fingerprint density at radius 2 is 2.10 bits per heavy atom. The Morgan fingerprint density at radius 1 is 1.40 bits per heavy atom. The molecule has 2 aromatic rings. The quantitative estimate of drug-likeness (QED) is 0.793. The first-order valence-corrected chi connectivity index (χ1v) is 6.39. The Labute approximate surface area is 116 Å². The van der Waals surface area contributed by atoms with E-state index in [1.165, 1.54) is 7.11 Å². The van der Waals surface area contributed by atoms with Crippen LogP contribution in [0.3, 0.4) is 0 Å². The predicted octanol–water partition coefficient (Wildman–Crippen LogP) is 1.84. The second kappa shape index (κ2) is 5.44. The summed E-state index contributed by atoms with van der Waals surface area (Å²) in [5.41, 5.74) is 2.77. The highest BCUT2D eigenvalue weighted by Gasteiger charge is 2.23. The molecule has 2 aromatic heterocycles. The van der Waals surface area contributed by atoms with Crippen LogP contribution in [0.5, 0.6) is 0 Å². The van der Waals surface area contributed by atoms with Crippen molar-refractivity contribution in [1.82, 2.24) is 20.2 Å². The number of carbonyl (C=O) groups is 1. The summed E-state index contributed by atoms with van der Waals surface area (Å²) in [6.45, 7) is 8.16. The monoisotopic (exact) mass is 278 g/mol. The molecule has 0 radical (unpaired) electrons. The summed E-state index contributed by atoms with van der Waals surface area (Å²) in [6.07, 6.45) is 0. The van der Waals surface area contributed by atoms with Gasteiger partial charge in [-0.1, -0.05) is 24.2 Å². The highest BCUT2D eigenvalue weighted by Crippen LogP contribution is 2.21. The lowest BCUT2D eigenvalue weighted by Gasteiger charge is -2.10. The van der Waals surface area contributed by atoms with Gasteiger partial charge in [-0.15, -0.1) is 5.10 Å². The first-order valence-electron chi connectivity index (χ1n) is 6.39. The maximum atomic E-state index is 11.7. The molecular formula is C13H18N4O3. The summed E-state index contributed by atoms with van der Waals surface area (Å²) in [7, 11) is 1.33. The first-order chi connectivity index (χ1) is 9.45. The number of ether oxygens (including phenoxy) is 1. The third-order valence-electron chi connectivity index (χ3n) is 3.19. The molecule has 2 rings (SSSR count). The van der Waals surface area contributed by atoms with Gasteiger partial charge in [0.05, 0.1) is 25.0 Å². The van der Waals surface area contributed by atoms with Crippen molar-refractivity contribution in [3.8, 4) is 0 Å². The minimum absolute atomic E-state index is 0.0968. The molecule has 0 saturated carbocycles. The molecule has 0 aliphatic rings. The van der Waals surface area contributed by atoms with Crippen molar-refractivity contribution in [1.29, 1.82) is 0 Å². The van der Waals surface area contributed by atoms with E-state index in [9.17, 15) is 4.79 Å². The Hall–Kier alpha value is -2.18. The van der Waals surface area contributed by atoms with Gasteiger partial charge in [0.15, 0.2) is 5.69 Å². The summed E-state index contributed by atoms with van der Waals surface area (Å²) in [5, 5.41) is 11.9. The van der Waals surface area contributed by atoms with Crippen molar-refractivity contribution in [2.24, 2.45) is 0 Å². The highest BCUT2D eigenvalue weighted by atomic mass is 16.5. The van der Waals surface area contributed by atoms with Gasteiger partial charge in [-0.25, -0.2) is 9.48 Å². The van der Waals surface area contributed by atoms with Crippen LogP contribution < -0.4 is 0 Å². The van der Waals surface area contributed by atoms with Gasteiger partial charge in [0.25, 0.3) is 0 Å². The molecule has 0 spiro atoms. The number of aryl methyl sites for hydroxylation is 2. The molecule has 0 bridgehead atoms. The minimum Gasteiger partial charge on any atom is -0.464 e. The third kappa shape index (κ3) is 2.43. The van der Waals surface area contributed by atoms with Crippen LogP contribution in [-0.2, 0) is 11.3 Å². The lowest BCUT2D eigenvalue weighted by molar-refractivity contribution is 0.0592. The maximum absolute atomic E-state index is 11.7. The second-order valence-electron chi connectivity index (χ2n) is 4.93. The van der Waals surface area contributed by atoms with E-state index in [0.717, 1.165) is 22.7 Å². The van der Waals surface area contributed by atoms with Crippen LogP contribution in [0, 0.1) is 13.8 Å². The molecule has 0 amide bonds. The number of rotatable bonds is 4. The zero-order valence-corrected chi connectivity index (χ0v) is 12.3. The molecule has 20 heavy (non-hydrogen) atoms. The van der Waals surface area contributed by atoms with Gasteiger partial charge in [-0.05, 0) is 19.8 Å². The van der Waals surface area contributed by atoms with Gasteiger partial charge in [-0.3, -0.25) is 0 Å². The number of esters is 1. The van der Waals surface area contributed by atoms with Crippen LogP contribution >= 0.6 is 0 Å². The molecule has 7 heteroatoms. The number of hydrogen-bond acceptors (Lipinski definition) is 6. The van der Waals surface area contributed by atoms with E-state index in [4.69, 9.17) is 9.26 Å².